The summed E-state index contributed by atoms with van der Waals surface area (Å²) in [6, 6.07) is 9.65. The van der Waals surface area contributed by atoms with Gasteiger partial charge in [-0.1, -0.05) is 18.2 Å². The lowest BCUT2D eigenvalue weighted by Crippen LogP contribution is -2.41. The third-order valence-corrected chi connectivity index (χ3v) is 4.41. The Kier molecular flexibility index (Phi) is 4.76. The number of hydrogen-bond donors (Lipinski definition) is 1. The van der Waals surface area contributed by atoms with Crippen LogP contribution in [0.2, 0.25) is 0 Å². The molecular weight excluding hydrogens is 290 g/mol. The summed E-state index contributed by atoms with van der Waals surface area (Å²) in [6.07, 6.45) is 2.15. The van der Waals surface area contributed by atoms with E-state index in [9.17, 15) is 4.79 Å². The van der Waals surface area contributed by atoms with Crippen LogP contribution in [0.15, 0.2) is 30.3 Å². The van der Waals surface area contributed by atoms with Crippen LogP contribution in [0.1, 0.15) is 23.2 Å². The zero-order valence-corrected chi connectivity index (χ0v) is 13.7. The van der Waals surface area contributed by atoms with E-state index in [1.807, 2.05) is 42.3 Å². The molecule has 0 aliphatic carbocycles. The Labute approximate surface area is 136 Å². The van der Waals surface area contributed by atoms with E-state index < -0.39 is 0 Å². The van der Waals surface area contributed by atoms with Crippen molar-refractivity contribution in [3.05, 3.63) is 35.9 Å². The van der Waals surface area contributed by atoms with Gasteiger partial charge in [-0.05, 0) is 30.9 Å². The van der Waals surface area contributed by atoms with Gasteiger partial charge in [0.25, 0.3) is 5.91 Å². The summed E-state index contributed by atoms with van der Waals surface area (Å²) >= 11 is 0. The lowest BCUT2D eigenvalue weighted by Gasteiger charge is -2.32. The second kappa shape index (κ2) is 6.96. The van der Waals surface area contributed by atoms with Gasteiger partial charge in [0.1, 0.15) is 5.82 Å². The summed E-state index contributed by atoms with van der Waals surface area (Å²) in [6.45, 7) is 2.28. The Morgan fingerprint density at radius 3 is 3.04 bits per heavy atom. The predicted molar refractivity (Wildman–Crippen MR) is 91.8 cm³/mol. The van der Waals surface area contributed by atoms with Crippen LogP contribution in [-0.4, -0.2) is 49.6 Å². The van der Waals surface area contributed by atoms with Gasteiger partial charge in [-0.2, -0.15) is 0 Å². The van der Waals surface area contributed by atoms with Gasteiger partial charge in [-0.25, -0.2) is 4.98 Å². The largest absolute Gasteiger partial charge is 0.384 e. The molecule has 1 atom stereocenters. The van der Waals surface area contributed by atoms with Crippen LogP contribution in [0.25, 0.3) is 10.9 Å². The van der Waals surface area contributed by atoms with E-state index in [4.69, 9.17) is 4.74 Å². The summed E-state index contributed by atoms with van der Waals surface area (Å²) < 4.78 is 5.26. The van der Waals surface area contributed by atoms with Gasteiger partial charge in [0, 0.05) is 32.6 Å². The maximum absolute atomic E-state index is 13.1. The first kappa shape index (κ1) is 15.7. The highest BCUT2D eigenvalue weighted by atomic mass is 16.5. The Hall–Kier alpha value is -2.14. The average molecular weight is 313 g/mol. The number of ether oxygens (including phenoxy) is 1. The van der Waals surface area contributed by atoms with Gasteiger partial charge in [0.2, 0.25) is 0 Å². The van der Waals surface area contributed by atoms with Crippen molar-refractivity contribution in [2.24, 2.45) is 5.92 Å². The molecule has 3 rings (SSSR count). The number of anilines is 1. The van der Waals surface area contributed by atoms with Gasteiger partial charge >= 0.3 is 0 Å². The molecule has 1 amide bonds. The number of carbonyl (C=O) groups excluding carboxylic acids is 1. The van der Waals surface area contributed by atoms with E-state index in [0.29, 0.717) is 12.5 Å². The molecule has 2 heterocycles. The van der Waals surface area contributed by atoms with Crippen LogP contribution >= 0.6 is 0 Å². The molecule has 1 aliphatic heterocycles. The first-order chi connectivity index (χ1) is 11.2. The second-order valence-electron chi connectivity index (χ2n) is 6.04. The minimum Gasteiger partial charge on any atom is -0.384 e. The molecule has 1 aromatic heterocycles. The molecule has 1 saturated heterocycles. The number of fused-ring (bicyclic) bond motifs is 1. The Morgan fingerprint density at radius 2 is 2.26 bits per heavy atom. The standard InChI is InChI=1S/C18H23N3O2/c1-19-17-10-15(14-7-3-4-8-16(14)20-17)18(22)21-9-5-6-13(11-21)12-23-2/h3-4,7-8,10,13H,5-6,9,11-12H2,1-2H3,(H,19,20). The van der Waals surface area contributed by atoms with Crippen molar-refractivity contribution in [1.82, 2.24) is 9.88 Å². The number of pyridine rings is 1. The number of nitrogens with one attached hydrogen (secondary N) is 1. The van der Waals surface area contributed by atoms with Crippen LogP contribution in [0, 0.1) is 5.92 Å². The van der Waals surface area contributed by atoms with Crippen molar-refractivity contribution in [2.45, 2.75) is 12.8 Å². The highest BCUT2D eigenvalue weighted by Gasteiger charge is 2.25. The summed E-state index contributed by atoms with van der Waals surface area (Å²) in [7, 11) is 3.54. The van der Waals surface area contributed by atoms with Crippen LogP contribution in [0.4, 0.5) is 5.82 Å². The van der Waals surface area contributed by atoms with Crippen LogP contribution in [0.3, 0.4) is 0 Å². The quantitative estimate of drug-likeness (QED) is 0.943. The minimum absolute atomic E-state index is 0.0842. The van der Waals surface area contributed by atoms with Crippen molar-refractivity contribution in [3.63, 3.8) is 0 Å². The summed E-state index contributed by atoms with van der Waals surface area (Å²) in [5, 5.41) is 3.95. The molecule has 0 bridgehead atoms. The van der Waals surface area contributed by atoms with Crippen molar-refractivity contribution in [2.75, 3.05) is 39.2 Å². The fourth-order valence-corrected chi connectivity index (χ4v) is 3.27. The van der Waals surface area contributed by atoms with Crippen LogP contribution in [0.5, 0.6) is 0 Å². The summed E-state index contributed by atoms with van der Waals surface area (Å²) in [5.74, 6) is 1.23. The van der Waals surface area contributed by atoms with E-state index in [2.05, 4.69) is 10.3 Å². The number of carbonyl (C=O) groups is 1. The Balaban J connectivity index is 1.93. The zero-order chi connectivity index (χ0) is 16.2. The lowest BCUT2D eigenvalue weighted by atomic mass is 9.97. The van der Waals surface area contributed by atoms with Crippen molar-refractivity contribution in [3.8, 4) is 0 Å². The second-order valence-corrected chi connectivity index (χ2v) is 6.04. The number of likely N-dealkylation sites (tertiary alicyclic amines) is 1. The average Bonchev–Trinajstić information content (AvgIpc) is 2.60. The number of benzene rings is 1. The SMILES string of the molecule is CNc1cc(C(=O)N2CCCC(COC)C2)c2ccccc2n1. The van der Waals surface area contributed by atoms with E-state index in [1.165, 1.54) is 0 Å². The topological polar surface area (TPSA) is 54.5 Å². The molecule has 23 heavy (non-hydrogen) atoms. The van der Waals surface area contributed by atoms with Gasteiger partial charge in [-0.15, -0.1) is 0 Å². The zero-order valence-electron chi connectivity index (χ0n) is 13.7. The number of amides is 1. The normalized spacial score (nSPS) is 18.2. The predicted octanol–water partition coefficient (Wildman–Crippen LogP) is 2.78. The fourth-order valence-electron chi connectivity index (χ4n) is 3.27. The molecule has 0 spiro atoms. The van der Waals surface area contributed by atoms with Gasteiger partial charge in [0.15, 0.2) is 0 Å². The van der Waals surface area contributed by atoms with Gasteiger partial charge < -0.3 is 15.0 Å². The smallest absolute Gasteiger partial charge is 0.254 e. The van der Waals surface area contributed by atoms with Crippen molar-refractivity contribution >= 4 is 22.6 Å². The van der Waals surface area contributed by atoms with Crippen LogP contribution in [-0.2, 0) is 4.74 Å². The van der Waals surface area contributed by atoms with Crippen LogP contribution < -0.4 is 5.32 Å². The Morgan fingerprint density at radius 1 is 1.43 bits per heavy atom. The summed E-state index contributed by atoms with van der Waals surface area (Å²) in [4.78, 5) is 19.5. The number of nitrogens with zero attached hydrogens (tertiary/aromatic N) is 2. The highest BCUT2D eigenvalue weighted by Crippen LogP contribution is 2.25. The molecule has 122 valence electrons. The van der Waals surface area contributed by atoms with Crippen molar-refractivity contribution < 1.29 is 9.53 Å². The third-order valence-electron chi connectivity index (χ3n) is 4.41. The molecular formula is C18H23N3O2. The van der Waals surface area contributed by atoms with E-state index in [1.54, 1.807) is 7.11 Å². The van der Waals surface area contributed by atoms with Gasteiger partial charge in [-0.3, -0.25) is 4.79 Å². The molecule has 5 heteroatoms. The van der Waals surface area contributed by atoms with Gasteiger partial charge in [0.05, 0.1) is 17.7 Å². The Bertz CT molecular complexity index is 700. The number of piperidine rings is 1. The number of hydrogen-bond acceptors (Lipinski definition) is 4. The van der Waals surface area contributed by atoms with Crippen molar-refractivity contribution in [1.29, 1.82) is 0 Å². The maximum atomic E-state index is 13.1. The molecule has 2 aromatic rings. The van der Waals surface area contributed by atoms with E-state index in [-0.39, 0.29) is 5.91 Å². The number of aromatic nitrogens is 1. The number of rotatable bonds is 4. The monoisotopic (exact) mass is 313 g/mol. The number of para-hydroxylation sites is 1. The van der Waals surface area contributed by atoms with E-state index >= 15 is 0 Å². The molecule has 1 N–H and O–H groups in total. The molecule has 5 nitrogen and oxygen atoms in total. The molecule has 1 aliphatic rings. The minimum atomic E-state index is 0.0842. The fraction of sp³-hybridized carbons (Fsp3) is 0.444. The van der Waals surface area contributed by atoms with E-state index in [0.717, 1.165) is 48.2 Å². The highest BCUT2D eigenvalue weighted by molar-refractivity contribution is 6.07. The third kappa shape index (κ3) is 3.29. The number of methoxy groups -OCH3 is 1. The summed E-state index contributed by atoms with van der Waals surface area (Å²) in [5.41, 5.74) is 1.56. The molecule has 1 aromatic carbocycles. The molecule has 0 saturated carbocycles. The lowest BCUT2D eigenvalue weighted by molar-refractivity contribution is 0.0572. The molecule has 1 unspecified atom stereocenters. The molecule has 0 radical (unpaired) electrons. The first-order valence-corrected chi connectivity index (χ1v) is 8.08. The molecule has 1 fully saturated rings. The maximum Gasteiger partial charge on any atom is 0.254 e. The first-order valence-electron chi connectivity index (χ1n) is 8.08.